The zero-order valence-electron chi connectivity index (χ0n) is 8.79. The van der Waals surface area contributed by atoms with Crippen LogP contribution in [0.3, 0.4) is 0 Å². The molecule has 0 aliphatic rings. The minimum absolute atomic E-state index is 0.224. The van der Waals surface area contributed by atoms with E-state index in [-0.39, 0.29) is 11.8 Å². The Kier molecular flexibility index (Phi) is 3.69. The highest BCUT2D eigenvalue weighted by molar-refractivity contribution is 5.74. The highest BCUT2D eigenvalue weighted by Crippen LogP contribution is 2.23. The number of benzene rings is 1. The van der Waals surface area contributed by atoms with E-state index in [4.69, 9.17) is 5.73 Å². The third-order valence-electron chi connectivity index (χ3n) is 2.45. The van der Waals surface area contributed by atoms with Crippen LogP contribution in [0.4, 0.5) is 0 Å². The van der Waals surface area contributed by atoms with Crippen LogP contribution in [0.25, 0.3) is 0 Å². The number of primary amides is 1. The van der Waals surface area contributed by atoms with Crippen LogP contribution in [0.15, 0.2) is 24.3 Å². The summed E-state index contributed by atoms with van der Waals surface area (Å²) in [6, 6.07) is 8.26. The van der Waals surface area contributed by atoms with E-state index in [0.717, 1.165) is 6.42 Å². The molecule has 0 aliphatic heterocycles. The van der Waals surface area contributed by atoms with Crippen molar-refractivity contribution < 1.29 is 4.79 Å². The van der Waals surface area contributed by atoms with Crippen molar-refractivity contribution in [2.24, 2.45) is 5.73 Å². The molecule has 1 rings (SSSR count). The Morgan fingerprint density at radius 3 is 2.71 bits per heavy atom. The maximum absolute atomic E-state index is 10.8. The minimum atomic E-state index is -0.224. The van der Waals surface area contributed by atoms with Crippen molar-refractivity contribution in [1.82, 2.24) is 0 Å². The second-order valence-corrected chi connectivity index (χ2v) is 3.69. The van der Waals surface area contributed by atoms with E-state index >= 15 is 0 Å². The highest BCUT2D eigenvalue weighted by atomic mass is 16.1. The summed E-state index contributed by atoms with van der Waals surface area (Å²) >= 11 is 0. The van der Waals surface area contributed by atoms with Gasteiger partial charge in [-0.15, -0.1) is 0 Å². The van der Waals surface area contributed by atoms with Gasteiger partial charge < -0.3 is 5.73 Å². The zero-order chi connectivity index (χ0) is 10.6. The molecule has 76 valence electrons. The average molecular weight is 191 g/mol. The van der Waals surface area contributed by atoms with Gasteiger partial charge in [0.2, 0.25) is 5.91 Å². The van der Waals surface area contributed by atoms with Gasteiger partial charge in [-0.05, 0) is 24.8 Å². The molecule has 0 heterocycles. The maximum Gasteiger partial charge on any atom is 0.218 e. The van der Waals surface area contributed by atoms with E-state index in [1.807, 2.05) is 6.07 Å². The average Bonchev–Trinajstić information content (AvgIpc) is 2.14. The number of carbonyl (C=O) groups is 1. The topological polar surface area (TPSA) is 43.1 Å². The van der Waals surface area contributed by atoms with Crippen LogP contribution < -0.4 is 5.73 Å². The smallest absolute Gasteiger partial charge is 0.218 e. The number of carbonyl (C=O) groups excluding carboxylic acids is 1. The van der Waals surface area contributed by atoms with Gasteiger partial charge in [-0.2, -0.15) is 0 Å². The summed E-state index contributed by atoms with van der Waals surface area (Å²) in [5.74, 6) is 0.0470. The van der Waals surface area contributed by atoms with Gasteiger partial charge in [0.25, 0.3) is 0 Å². The first kappa shape index (κ1) is 10.8. The van der Waals surface area contributed by atoms with E-state index in [0.29, 0.717) is 6.42 Å². The molecule has 0 aromatic heterocycles. The Morgan fingerprint density at radius 1 is 1.50 bits per heavy atom. The van der Waals surface area contributed by atoms with Crippen LogP contribution in [-0.4, -0.2) is 5.91 Å². The lowest BCUT2D eigenvalue weighted by Crippen LogP contribution is -2.15. The number of hydrogen-bond donors (Lipinski definition) is 1. The first-order chi connectivity index (χ1) is 6.63. The molecule has 0 fully saturated rings. The summed E-state index contributed by atoms with van der Waals surface area (Å²) in [6.45, 7) is 4.14. The third kappa shape index (κ3) is 2.87. The van der Waals surface area contributed by atoms with Gasteiger partial charge in [-0.3, -0.25) is 4.79 Å². The second kappa shape index (κ2) is 4.80. The van der Waals surface area contributed by atoms with E-state index in [1.54, 1.807) is 0 Å². The van der Waals surface area contributed by atoms with Gasteiger partial charge in [0, 0.05) is 6.42 Å². The van der Waals surface area contributed by atoms with Crippen LogP contribution >= 0.6 is 0 Å². The van der Waals surface area contributed by atoms with Crippen LogP contribution in [0, 0.1) is 6.92 Å². The first-order valence-corrected chi connectivity index (χ1v) is 4.98. The summed E-state index contributed by atoms with van der Waals surface area (Å²) in [5, 5.41) is 0. The van der Waals surface area contributed by atoms with E-state index in [2.05, 4.69) is 32.0 Å². The molecular formula is C12H17NO. The van der Waals surface area contributed by atoms with Crippen LogP contribution in [-0.2, 0) is 4.79 Å². The van der Waals surface area contributed by atoms with Crippen LogP contribution in [0.2, 0.25) is 0 Å². The summed E-state index contributed by atoms with van der Waals surface area (Å²) < 4.78 is 0. The Hall–Kier alpha value is -1.31. The SMILES string of the molecule is CC[C@H](CC(N)=O)c1cccc(C)c1. The minimum Gasteiger partial charge on any atom is -0.370 e. The normalized spacial score (nSPS) is 12.4. The molecule has 1 amide bonds. The molecule has 2 N–H and O–H groups in total. The molecule has 1 atom stereocenters. The lowest BCUT2D eigenvalue weighted by Gasteiger charge is -2.13. The van der Waals surface area contributed by atoms with E-state index < -0.39 is 0 Å². The van der Waals surface area contributed by atoms with Crippen molar-refractivity contribution in [3.63, 3.8) is 0 Å². The molecule has 14 heavy (non-hydrogen) atoms. The fourth-order valence-electron chi connectivity index (χ4n) is 1.66. The summed E-state index contributed by atoms with van der Waals surface area (Å²) in [6.07, 6.45) is 1.40. The largest absolute Gasteiger partial charge is 0.370 e. The van der Waals surface area contributed by atoms with Gasteiger partial charge in [0.15, 0.2) is 0 Å². The van der Waals surface area contributed by atoms with Crippen molar-refractivity contribution in [2.45, 2.75) is 32.6 Å². The molecule has 0 saturated carbocycles. The Bertz CT molecular complexity index is 320. The van der Waals surface area contributed by atoms with Gasteiger partial charge in [0.05, 0.1) is 0 Å². The van der Waals surface area contributed by atoms with Gasteiger partial charge in [0.1, 0.15) is 0 Å². The van der Waals surface area contributed by atoms with Crippen molar-refractivity contribution in [2.75, 3.05) is 0 Å². The third-order valence-corrected chi connectivity index (χ3v) is 2.45. The molecule has 2 nitrogen and oxygen atoms in total. The number of rotatable bonds is 4. The molecule has 0 spiro atoms. The Balaban J connectivity index is 2.83. The molecule has 2 heteroatoms. The zero-order valence-corrected chi connectivity index (χ0v) is 8.79. The summed E-state index contributed by atoms with van der Waals surface area (Å²) in [5.41, 5.74) is 7.65. The molecule has 1 aromatic carbocycles. The fraction of sp³-hybridized carbons (Fsp3) is 0.417. The molecule has 1 aromatic rings. The summed E-state index contributed by atoms with van der Waals surface area (Å²) in [4.78, 5) is 10.8. The van der Waals surface area contributed by atoms with E-state index in [1.165, 1.54) is 11.1 Å². The molecule has 0 radical (unpaired) electrons. The van der Waals surface area contributed by atoms with E-state index in [9.17, 15) is 4.79 Å². The van der Waals surface area contributed by atoms with Crippen molar-refractivity contribution in [3.05, 3.63) is 35.4 Å². The summed E-state index contributed by atoms with van der Waals surface area (Å²) in [7, 11) is 0. The Labute approximate surface area is 85.1 Å². The Morgan fingerprint density at radius 2 is 2.21 bits per heavy atom. The fourth-order valence-corrected chi connectivity index (χ4v) is 1.66. The van der Waals surface area contributed by atoms with Crippen LogP contribution in [0.5, 0.6) is 0 Å². The van der Waals surface area contributed by atoms with Gasteiger partial charge in [-0.25, -0.2) is 0 Å². The molecule has 0 saturated heterocycles. The lowest BCUT2D eigenvalue weighted by atomic mass is 9.92. The predicted molar refractivity (Wildman–Crippen MR) is 58.0 cm³/mol. The monoisotopic (exact) mass is 191 g/mol. The number of aryl methyl sites for hydroxylation is 1. The number of nitrogens with two attached hydrogens (primary N) is 1. The molecule has 0 aliphatic carbocycles. The standard InChI is InChI=1S/C12H17NO/c1-3-10(8-12(13)14)11-6-4-5-9(2)7-11/h4-7,10H,3,8H2,1-2H3,(H2,13,14)/t10-/m1/s1. The van der Waals surface area contributed by atoms with Crippen LogP contribution in [0.1, 0.15) is 36.8 Å². The molecule has 0 unspecified atom stereocenters. The first-order valence-electron chi connectivity index (χ1n) is 4.98. The molecule has 0 bridgehead atoms. The predicted octanol–water partition coefficient (Wildman–Crippen LogP) is 2.36. The second-order valence-electron chi connectivity index (χ2n) is 3.69. The van der Waals surface area contributed by atoms with Crippen molar-refractivity contribution >= 4 is 5.91 Å². The van der Waals surface area contributed by atoms with Crippen molar-refractivity contribution in [3.8, 4) is 0 Å². The quantitative estimate of drug-likeness (QED) is 0.780. The van der Waals surface area contributed by atoms with Gasteiger partial charge in [-0.1, -0.05) is 36.8 Å². The van der Waals surface area contributed by atoms with Gasteiger partial charge >= 0.3 is 0 Å². The number of hydrogen-bond acceptors (Lipinski definition) is 1. The maximum atomic E-state index is 10.8. The number of amides is 1. The lowest BCUT2D eigenvalue weighted by molar-refractivity contribution is -0.118. The highest BCUT2D eigenvalue weighted by Gasteiger charge is 2.11. The molecular weight excluding hydrogens is 174 g/mol. The van der Waals surface area contributed by atoms with Crippen molar-refractivity contribution in [1.29, 1.82) is 0 Å².